The van der Waals surface area contributed by atoms with Crippen molar-refractivity contribution in [2.45, 2.75) is 45.6 Å². The Hall–Kier alpha value is -2.42. The number of piperidine rings is 1. The van der Waals surface area contributed by atoms with Crippen LogP contribution in [-0.4, -0.2) is 59.2 Å². The minimum absolute atomic E-state index is 0.00644. The first-order chi connectivity index (χ1) is 13.6. The Kier molecular flexibility index (Phi) is 7.02. The molecule has 1 saturated heterocycles. The molecule has 0 aliphatic carbocycles. The molecule has 3 heterocycles. The van der Waals surface area contributed by atoms with E-state index in [0.717, 1.165) is 35.3 Å². The zero-order valence-corrected chi connectivity index (χ0v) is 17.2. The number of rotatable bonds is 7. The van der Waals surface area contributed by atoms with Crippen LogP contribution in [0.4, 0.5) is 10.6 Å². The maximum atomic E-state index is 12.2. The number of carbonyl (C=O) groups is 2. The van der Waals surface area contributed by atoms with E-state index in [2.05, 4.69) is 33.6 Å². The lowest BCUT2D eigenvalue weighted by molar-refractivity contribution is -0.121. The Morgan fingerprint density at radius 1 is 1.29 bits per heavy atom. The predicted octanol–water partition coefficient (Wildman–Crippen LogP) is 2.79. The molecule has 0 radical (unpaired) electrons. The van der Waals surface area contributed by atoms with Crippen LogP contribution in [0.1, 0.15) is 38.0 Å². The van der Waals surface area contributed by atoms with Gasteiger partial charge in [-0.05, 0) is 32.3 Å². The molecule has 1 aliphatic heterocycles. The van der Waals surface area contributed by atoms with E-state index in [1.54, 1.807) is 29.5 Å². The van der Waals surface area contributed by atoms with E-state index in [1.807, 2.05) is 0 Å². The number of hydrogen-bond acceptors (Lipinski definition) is 7. The number of anilines is 1. The number of nitrogens with zero attached hydrogens (tertiary/aromatic N) is 3. The van der Waals surface area contributed by atoms with Gasteiger partial charge in [0.05, 0.1) is 12.0 Å². The van der Waals surface area contributed by atoms with Gasteiger partial charge in [0, 0.05) is 37.0 Å². The van der Waals surface area contributed by atoms with Crippen molar-refractivity contribution in [2.75, 3.05) is 31.6 Å². The molecule has 28 heavy (non-hydrogen) atoms. The summed E-state index contributed by atoms with van der Waals surface area (Å²) in [5.41, 5.74) is 0. The summed E-state index contributed by atoms with van der Waals surface area (Å²) in [6, 6.07) is 2.22. The summed E-state index contributed by atoms with van der Waals surface area (Å²) in [5.74, 6) is 0.781. The van der Waals surface area contributed by atoms with Crippen molar-refractivity contribution in [3.63, 3.8) is 0 Å². The van der Waals surface area contributed by atoms with Gasteiger partial charge in [0.1, 0.15) is 17.0 Å². The number of aryl methyl sites for hydroxylation is 1. The summed E-state index contributed by atoms with van der Waals surface area (Å²) >= 11 is 1.67. The summed E-state index contributed by atoms with van der Waals surface area (Å²) in [4.78, 5) is 36.5. The van der Waals surface area contributed by atoms with E-state index in [9.17, 15) is 9.59 Å². The second-order valence-electron chi connectivity index (χ2n) is 6.71. The zero-order valence-electron chi connectivity index (χ0n) is 16.4. The Morgan fingerprint density at radius 2 is 2.07 bits per heavy atom. The van der Waals surface area contributed by atoms with Gasteiger partial charge < -0.3 is 20.3 Å². The monoisotopic (exact) mass is 405 g/mol. The molecule has 2 aromatic rings. The molecule has 1 fully saturated rings. The standard InChI is InChI=1S/C19H27N5O3S/c1-3-14-11-15-17(21-12-22-18(15)28-14)20-8-5-16(25)23-13-6-9-24(10-7-13)19(26)27-4-2/h11-13H,3-10H2,1-2H3,(H,23,25)(H,20,21,22). The summed E-state index contributed by atoms with van der Waals surface area (Å²) in [6.45, 7) is 6.03. The third-order valence-corrected chi connectivity index (χ3v) is 5.95. The average molecular weight is 406 g/mol. The van der Waals surface area contributed by atoms with Crippen molar-refractivity contribution in [2.24, 2.45) is 0 Å². The van der Waals surface area contributed by atoms with Crippen LogP contribution in [0.25, 0.3) is 10.2 Å². The number of hydrogen-bond donors (Lipinski definition) is 2. The van der Waals surface area contributed by atoms with Gasteiger partial charge in [0.2, 0.25) is 5.91 Å². The van der Waals surface area contributed by atoms with E-state index in [4.69, 9.17) is 4.74 Å². The smallest absolute Gasteiger partial charge is 0.409 e. The fourth-order valence-electron chi connectivity index (χ4n) is 3.24. The van der Waals surface area contributed by atoms with Gasteiger partial charge in [-0.3, -0.25) is 4.79 Å². The highest BCUT2D eigenvalue weighted by Crippen LogP contribution is 2.28. The molecule has 0 spiro atoms. The molecule has 3 rings (SSSR count). The molecule has 0 unspecified atom stereocenters. The van der Waals surface area contributed by atoms with Crippen LogP contribution < -0.4 is 10.6 Å². The number of likely N-dealkylation sites (tertiary alicyclic amines) is 1. The zero-order chi connectivity index (χ0) is 19.9. The second kappa shape index (κ2) is 9.68. The summed E-state index contributed by atoms with van der Waals surface area (Å²) in [6.07, 6.45) is 4.12. The van der Waals surface area contributed by atoms with Gasteiger partial charge in [-0.1, -0.05) is 6.92 Å². The number of fused-ring (bicyclic) bond motifs is 1. The predicted molar refractivity (Wildman–Crippen MR) is 110 cm³/mol. The molecule has 0 saturated carbocycles. The van der Waals surface area contributed by atoms with Crippen molar-refractivity contribution in [3.8, 4) is 0 Å². The van der Waals surface area contributed by atoms with Crippen LogP contribution in [0.3, 0.4) is 0 Å². The maximum Gasteiger partial charge on any atom is 0.409 e. The van der Waals surface area contributed by atoms with Crippen LogP contribution in [0.5, 0.6) is 0 Å². The van der Waals surface area contributed by atoms with Gasteiger partial charge in [-0.2, -0.15) is 0 Å². The summed E-state index contributed by atoms with van der Waals surface area (Å²) in [7, 11) is 0. The topological polar surface area (TPSA) is 96.5 Å². The van der Waals surface area contributed by atoms with Crippen molar-refractivity contribution in [1.29, 1.82) is 0 Å². The van der Waals surface area contributed by atoms with Crippen molar-refractivity contribution in [3.05, 3.63) is 17.3 Å². The number of carbonyl (C=O) groups excluding carboxylic acids is 2. The minimum Gasteiger partial charge on any atom is -0.450 e. The molecule has 2 amide bonds. The van der Waals surface area contributed by atoms with Crippen LogP contribution in [0, 0.1) is 0 Å². The SMILES string of the molecule is CCOC(=O)N1CCC(NC(=O)CCNc2ncnc3sc(CC)cc23)CC1. The fraction of sp³-hybridized carbons (Fsp3) is 0.579. The van der Waals surface area contributed by atoms with Crippen molar-refractivity contribution >= 4 is 39.4 Å². The molecule has 152 valence electrons. The third-order valence-electron chi connectivity index (χ3n) is 4.76. The van der Waals surface area contributed by atoms with Crippen molar-refractivity contribution in [1.82, 2.24) is 20.2 Å². The molecule has 0 bridgehead atoms. The van der Waals surface area contributed by atoms with Gasteiger partial charge in [-0.25, -0.2) is 14.8 Å². The first-order valence-corrected chi connectivity index (χ1v) is 10.6. The first kappa shape index (κ1) is 20.3. The first-order valence-electron chi connectivity index (χ1n) is 9.79. The highest BCUT2D eigenvalue weighted by molar-refractivity contribution is 7.18. The molecule has 8 nitrogen and oxygen atoms in total. The Balaban J connectivity index is 1.42. The number of nitrogens with one attached hydrogen (secondary N) is 2. The van der Waals surface area contributed by atoms with Crippen LogP contribution in [-0.2, 0) is 16.0 Å². The Bertz CT molecular complexity index is 817. The normalized spacial score (nSPS) is 14.9. The van der Waals surface area contributed by atoms with Gasteiger partial charge in [0.15, 0.2) is 0 Å². The third kappa shape index (κ3) is 5.09. The van der Waals surface area contributed by atoms with Crippen LogP contribution >= 0.6 is 11.3 Å². The van der Waals surface area contributed by atoms with Crippen LogP contribution in [0.2, 0.25) is 0 Å². The van der Waals surface area contributed by atoms with E-state index in [1.165, 1.54) is 4.88 Å². The van der Waals surface area contributed by atoms with Gasteiger partial charge in [0.25, 0.3) is 0 Å². The lowest BCUT2D eigenvalue weighted by atomic mass is 10.1. The van der Waals surface area contributed by atoms with E-state index >= 15 is 0 Å². The summed E-state index contributed by atoms with van der Waals surface area (Å²) in [5, 5.41) is 7.32. The Morgan fingerprint density at radius 3 is 2.79 bits per heavy atom. The van der Waals surface area contributed by atoms with Gasteiger partial charge in [-0.15, -0.1) is 11.3 Å². The molecule has 2 aromatic heterocycles. The molecule has 2 N–H and O–H groups in total. The van der Waals surface area contributed by atoms with E-state index in [0.29, 0.717) is 32.7 Å². The average Bonchev–Trinajstić information content (AvgIpc) is 3.13. The number of thiophene rings is 1. The lowest BCUT2D eigenvalue weighted by Gasteiger charge is -2.31. The van der Waals surface area contributed by atoms with Crippen LogP contribution in [0.15, 0.2) is 12.4 Å². The molecule has 0 atom stereocenters. The highest BCUT2D eigenvalue weighted by atomic mass is 32.1. The molecular formula is C19H27N5O3S. The largest absolute Gasteiger partial charge is 0.450 e. The Labute approximate surface area is 168 Å². The molecule has 0 aromatic carbocycles. The molecule has 9 heteroatoms. The van der Waals surface area contributed by atoms with Gasteiger partial charge >= 0.3 is 6.09 Å². The van der Waals surface area contributed by atoms with Crippen molar-refractivity contribution < 1.29 is 14.3 Å². The number of aromatic nitrogens is 2. The minimum atomic E-state index is -0.271. The molecular weight excluding hydrogens is 378 g/mol. The highest BCUT2D eigenvalue weighted by Gasteiger charge is 2.24. The lowest BCUT2D eigenvalue weighted by Crippen LogP contribution is -2.46. The quantitative estimate of drug-likeness (QED) is 0.735. The summed E-state index contributed by atoms with van der Waals surface area (Å²) < 4.78 is 5.01. The number of ether oxygens (including phenoxy) is 1. The molecule has 1 aliphatic rings. The number of amides is 2. The fourth-order valence-corrected chi connectivity index (χ4v) is 4.17. The maximum absolute atomic E-state index is 12.2. The van der Waals surface area contributed by atoms with E-state index < -0.39 is 0 Å². The second-order valence-corrected chi connectivity index (χ2v) is 7.83. The van der Waals surface area contributed by atoms with E-state index in [-0.39, 0.29) is 18.0 Å².